The minimum Gasteiger partial charge on any atom is -0.432 e. The molecular formula is C38H43ClN4O6Si. The second-order valence-corrected chi connectivity index (χ2v) is 18.9. The smallest absolute Gasteiger partial charge is 0.264 e. The fourth-order valence-electron chi connectivity index (χ4n) is 8.64. The molecule has 1 aromatic heterocycles. The molecule has 4 N–H and O–H groups in total. The van der Waals surface area contributed by atoms with E-state index in [-0.39, 0.29) is 49.8 Å². The first-order valence-electron chi connectivity index (χ1n) is 17.3. The molecule has 7 rings (SSSR count). The maximum atomic E-state index is 14.8. The van der Waals surface area contributed by atoms with Crippen LogP contribution in [-0.4, -0.2) is 71.1 Å². The van der Waals surface area contributed by atoms with E-state index in [0.717, 1.165) is 34.9 Å². The van der Waals surface area contributed by atoms with E-state index >= 15 is 0 Å². The summed E-state index contributed by atoms with van der Waals surface area (Å²) in [6.45, 7) is 6.26. The van der Waals surface area contributed by atoms with E-state index in [2.05, 4.69) is 10.3 Å². The number of H-pyrrole nitrogens is 1. The summed E-state index contributed by atoms with van der Waals surface area (Å²) in [7, 11) is -2.99. The molecule has 3 aliphatic heterocycles. The zero-order chi connectivity index (χ0) is 35.4. The number of likely N-dealkylation sites (tertiary alicyclic amines) is 1. The molecule has 0 aliphatic carbocycles. The lowest BCUT2D eigenvalue weighted by molar-refractivity contribution is -0.150. The molecule has 0 bridgehead atoms. The highest BCUT2D eigenvalue weighted by Crippen LogP contribution is 2.60. The van der Waals surface area contributed by atoms with E-state index in [1.54, 1.807) is 21.9 Å². The standard InChI is InChI=1S/C38H43ClN4O6Si/c1-23-36(50(2,3)48)33(19-35(46)42-15-7-10-28(42)22-44)49-38(23)30-18-26(39)13-14-32(30)43(37(38)47)21-24-8-6-9-27(16-24)41-34(45)17-25-20-40-31-12-5-4-11-29(25)31/h4-6,8-9,11-14,16,18,20,23,28,33,36,40,44,48H,7,10,15,17,19,21-22H2,1-3H3,(H,41,45)/t23-,28+,33+,36-,38+/m1/s1. The molecule has 50 heavy (non-hydrogen) atoms. The molecule has 3 aliphatic rings. The molecule has 3 aromatic carbocycles. The first-order chi connectivity index (χ1) is 23.9. The van der Waals surface area contributed by atoms with Crippen molar-refractivity contribution < 1.29 is 29.0 Å². The van der Waals surface area contributed by atoms with Crippen molar-refractivity contribution >= 4 is 59.9 Å². The first kappa shape index (κ1) is 34.4. The van der Waals surface area contributed by atoms with Gasteiger partial charge in [0, 0.05) is 51.4 Å². The van der Waals surface area contributed by atoms with Gasteiger partial charge in [-0.15, -0.1) is 0 Å². The number of para-hydroxylation sites is 1. The van der Waals surface area contributed by atoms with Crippen LogP contribution in [-0.2, 0) is 37.7 Å². The van der Waals surface area contributed by atoms with Gasteiger partial charge in [0.15, 0.2) is 13.9 Å². The number of carbonyl (C=O) groups excluding carboxylic acids is 3. The van der Waals surface area contributed by atoms with E-state index in [1.807, 2.05) is 80.8 Å². The number of benzene rings is 3. The van der Waals surface area contributed by atoms with Crippen LogP contribution in [0.5, 0.6) is 0 Å². The number of hydrogen-bond acceptors (Lipinski definition) is 6. The number of halogens is 1. The summed E-state index contributed by atoms with van der Waals surface area (Å²) in [5.74, 6) is -1.03. The van der Waals surface area contributed by atoms with Crippen LogP contribution in [0.15, 0.2) is 72.9 Å². The Morgan fingerprint density at radius 1 is 1.12 bits per heavy atom. The number of aromatic amines is 1. The molecule has 5 atom stereocenters. The fourth-order valence-corrected chi connectivity index (χ4v) is 11.4. The van der Waals surface area contributed by atoms with Crippen molar-refractivity contribution in [2.24, 2.45) is 5.92 Å². The molecule has 4 heterocycles. The van der Waals surface area contributed by atoms with Gasteiger partial charge in [-0.25, -0.2) is 0 Å². The Kier molecular flexibility index (Phi) is 9.15. The third kappa shape index (κ3) is 6.05. The van der Waals surface area contributed by atoms with Gasteiger partial charge >= 0.3 is 0 Å². The van der Waals surface area contributed by atoms with Gasteiger partial charge in [0.05, 0.1) is 43.8 Å². The Hall–Kier alpha value is -4.00. The Morgan fingerprint density at radius 2 is 1.92 bits per heavy atom. The van der Waals surface area contributed by atoms with Crippen LogP contribution in [0.25, 0.3) is 10.9 Å². The van der Waals surface area contributed by atoms with Crippen LogP contribution < -0.4 is 10.2 Å². The molecule has 0 saturated carbocycles. The average molecular weight is 715 g/mol. The predicted octanol–water partition coefficient (Wildman–Crippen LogP) is 5.72. The van der Waals surface area contributed by atoms with Crippen LogP contribution in [0.2, 0.25) is 23.7 Å². The molecule has 0 radical (unpaired) electrons. The van der Waals surface area contributed by atoms with Crippen molar-refractivity contribution in [2.75, 3.05) is 23.4 Å². The van der Waals surface area contributed by atoms with Crippen molar-refractivity contribution in [3.8, 4) is 0 Å². The monoisotopic (exact) mass is 714 g/mol. The molecular weight excluding hydrogens is 672 g/mol. The highest BCUT2D eigenvalue weighted by molar-refractivity contribution is 6.71. The SMILES string of the molecule is C[C@@H]1[C@@H]([Si](C)(C)O)[C@H](CC(=O)N2CCC[C@H]2CO)O[C@@]12C(=O)N(Cc1cccc(NC(=O)Cc3c[nH]c4ccccc34)c1)c1ccc(Cl)cc12. The summed E-state index contributed by atoms with van der Waals surface area (Å²) in [5, 5.41) is 14.3. The lowest BCUT2D eigenvalue weighted by Gasteiger charge is -2.32. The maximum Gasteiger partial charge on any atom is 0.264 e. The third-order valence-corrected chi connectivity index (χ3v) is 13.5. The second kappa shape index (κ2) is 13.3. The predicted molar refractivity (Wildman–Crippen MR) is 195 cm³/mol. The Morgan fingerprint density at radius 3 is 2.70 bits per heavy atom. The van der Waals surface area contributed by atoms with Crippen LogP contribution in [0.1, 0.15) is 42.9 Å². The zero-order valence-electron chi connectivity index (χ0n) is 28.5. The van der Waals surface area contributed by atoms with E-state index in [1.165, 1.54) is 0 Å². The number of aliphatic hydroxyl groups excluding tert-OH is 1. The number of aromatic nitrogens is 1. The second-order valence-electron chi connectivity index (χ2n) is 14.5. The molecule has 1 spiro atoms. The lowest BCUT2D eigenvalue weighted by atomic mass is 9.82. The van der Waals surface area contributed by atoms with Gasteiger partial charge in [0.25, 0.3) is 5.91 Å². The number of hydrogen-bond donors (Lipinski definition) is 4. The topological polar surface area (TPSA) is 135 Å². The molecule has 10 nitrogen and oxygen atoms in total. The highest BCUT2D eigenvalue weighted by atomic mass is 35.5. The summed E-state index contributed by atoms with van der Waals surface area (Å²) in [4.78, 5) is 59.7. The van der Waals surface area contributed by atoms with E-state index in [9.17, 15) is 24.3 Å². The highest BCUT2D eigenvalue weighted by Gasteiger charge is 2.66. The van der Waals surface area contributed by atoms with E-state index in [0.29, 0.717) is 28.5 Å². The van der Waals surface area contributed by atoms with Crippen LogP contribution in [0.4, 0.5) is 11.4 Å². The number of rotatable bonds is 9. The number of fused-ring (bicyclic) bond motifs is 3. The van der Waals surface area contributed by atoms with Gasteiger partial charge in [0.1, 0.15) is 0 Å². The van der Waals surface area contributed by atoms with E-state index < -0.39 is 31.5 Å². The summed E-state index contributed by atoms with van der Waals surface area (Å²) >= 11 is 6.55. The maximum absolute atomic E-state index is 14.8. The van der Waals surface area contributed by atoms with Gasteiger partial charge in [-0.1, -0.05) is 48.9 Å². The molecule has 4 aromatic rings. The largest absolute Gasteiger partial charge is 0.432 e. The van der Waals surface area contributed by atoms with Crippen molar-refractivity contribution in [3.63, 3.8) is 0 Å². The summed E-state index contributed by atoms with van der Waals surface area (Å²) in [6.07, 6.45) is 2.93. The number of nitrogens with one attached hydrogen (secondary N) is 2. The quantitative estimate of drug-likeness (QED) is 0.164. The van der Waals surface area contributed by atoms with Crippen LogP contribution in [0, 0.1) is 5.92 Å². The average Bonchev–Trinajstić information content (AvgIpc) is 3.83. The van der Waals surface area contributed by atoms with Gasteiger partial charge in [0.2, 0.25) is 11.8 Å². The van der Waals surface area contributed by atoms with Gasteiger partial charge in [-0.2, -0.15) is 0 Å². The molecule has 262 valence electrons. The first-order valence-corrected chi connectivity index (χ1v) is 20.7. The van der Waals surface area contributed by atoms with Gasteiger partial charge in [-0.05, 0) is 73.5 Å². The molecule has 2 fully saturated rings. The molecule has 12 heteroatoms. The summed E-state index contributed by atoms with van der Waals surface area (Å²) in [6, 6.07) is 20.4. The number of carbonyl (C=O) groups is 3. The Labute approximate surface area is 297 Å². The minimum absolute atomic E-state index is 0.00766. The summed E-state index contributed by atoms with van der Waals surface area (Å²) < 4.78 is 6.83. The number of ether oxygens (including phenoxy) is 1. The number of nitrogens with zero attached hydrogens (tertiary/aromatic N) is 2. The van der Waals surface area contributed by atoms with Crippen LogP contribution in [0.3, 0.4) is 0 Å². The molecule has 0 unspecified atom stereocenters. The fraction of sp³-hybridized carbons (Fsp3) is 0.395. The third-order valence-electron chi connectivity index (χ3n) is 10.8. The normalized spacial score (nSPS) is 24.8. The van der Waals surface area contributed by atoms with Gasteiger partial charge in [-0.3, -0.25) is 14.4 Å². The van der Waals surface area contributed by atoms with Crippen molar-refractivity contribution in [1.82, 2.24) is 9.88 Å². The molecule has 2 saturated heterocycles. The molecule has 3 amide bonds. The number of aliphatic hydroxyl groups is 1. The van der Waals surface area contributed by atoms with Gasteiger partial charge < -0.3 is 34.7 Å². The Bertz CT molecular complexity index is 1960. The Balaban J connectivity index is 1.15. The lowest BCUT2D eigenvalue weighted by Crippen LogP contribution is -2.46. The number of anilines is 2. The van der Waals surface area contributed by atoms with Crippen molar-refractivity contribution in [2.45, 2.75) is 75.5 Å². The zero-order valence-corrected chi connectivity index (χ0v) is 30.2. The van der Waals surface area contributed by atoms with Crippen molar-refractivity contribution in [1.29, 1.82) is 0 Å². The van der Waals surface area contributed by atoms with E-state index in [4.69, 9.17) is 16.3 Å². The number of amides is 3. The summed E-state index contributed by atoms with van der Waals surface area (Å²) in [5.41, 5.74) is 2.71. The minimum atomic E-state index is -2.99. The van der Waals surface area contributed by atoms with Crippen molar-refractivity contribution in [3.05, 3.63) is 94.6 Å². The van der Waals surface area contributed by atoms with Crippen LogP contribution >= 0.6 is 11.6 Å².